The molecule has 3 aromatic carbocycles. The third-order valence-electron chi connectivity index (χ3n) is 3.17. The quantitative estimate of drug-likeness (QED) is 0.380. The molecule has 0 saturated heterocycles. The van der Waals surface area contributed by atoms with E-state index in [2.05, 4.69) is 5.43 Å². The topological polar surface area (TPSA) is 121 Å². The molecule has 5 N–H and O–H groups in total. The zero-order chi connectivity index (χ0) is 16.3. The number of nitrogens with one attached hydrogen (secondary N) is 1. The smallest absolute Gasteiger partial charge is 0.273 e. The first kappa shape index (κ1) is 21.8. The van der Waals surface area contributed by atoms with Crippen molar-refractivity contribution in [3.63, 3.8) is 0 Å². The summed E-state index contributed by atoms with van der Waals surface area (Å²) in [6.07, 6.45) is 0. The molecule has 3 rings (SSSR count). The first-order valence-corrected chi connectivity index (χ1v) is 6.78. The van der Waals surface area contributed by atoms with Gasteiger partial charge in [0.05, 0.1) is 0 Å². The summed E-state index contributed by atoms with van der Waals surface area (Å²) < 4.78 is 0. The van der Waals surface area contributed by atoms with Crippen LogP contribution < -0.4 is 27.6 Å². The second kappa shape index (κ2) is 9.14. The largest absolute Gasteiger partial charge is 0.412 e. The molecule has 0 saturated carbocycles. The Morgan fingerprint density at radius 1 is 0.917 bits per heavy atom. The monoisotopic (exact) mass is 370 g/mol. The van der Waals surface area contributed by atoms with E-state index in [0.29, 0.717) is 0 Å². The maximum atomic E-state index is 11.0. The van der Waals surface area contributed by atoms with Gasteiger partial charge in [0.1, 0.15) is 0 Å². The lowest BCUT2D eigenvalue weighted by Gasteiger charge is -2.01. The summed E-state index contributed by atoms with van der Waals surface area (Å²) >= 11 is 5.80. The second-order valence-corrected chi connectivity index (χ2v) is 5.05. The zero-order valence-electron chi connectivity index (χ0n) is 12.6. The van der Waals surface area contributed by atoms with Crippen molar-refractivity contribution in [3.05, 3.63) is 83.7 Å². The number of anilines is 1. The van der Waals surface area contributed by atoms with Crippen LogP contribution in [0.5, 0.6) is 0 Å². The summed E-state index contributed by atoms with van der Waals surface area (Å²) in [5, 5.41) is 1.19. The van der Waals surface area contributed by atoms with E-state index in [1.165, 1.54) is 12.1 Å². The molecule has 0 amide bonds. The molecule has 0 aliphatic heterocycles. The number of fused-ring (bicyclic) bond motifs is 1. The maximum Gasteiger partial charge on any atom is 0.273 e. The molecule has 3 aromatic rings. The Morgan fingerprint density at radius 3 is 1.83 bits per heavy atom. The van der Waals surface area contributed by atoms with Crippen molar-refractivity contribution in [1.82, 2.24) is 0 Å². The van der Waals surface area contributed by atoms with Crippen LogP contribution in [0.15, 0.2) is 56.8 Å². The Balaban J connectivity index is 0.000000413. The molecule has 0 radical (unpaired) electrons. The number of hydrazine groups is 1. The first-order valence-electron chi connectivity index (χ1n) is 6.41. The molecule has 0 heterocycles. The number of hydrogen-bond donors (Lipinski definition) is 2. The third-order valence-corrected chi connectivity index (χ3v) is 3.57. The summed E-state index contributed by atoms with van der Waals surface area (Å²) in [7, 11) is 0. The summed E-state index contributed by atoms with van der Waals surface area (Å²) in [6, 6.07) is 11.8. The number of halogens is 2. The normalized spacial score (nSPS) is 9.29. The van der Waals surface area contributed by atoms with Gasteiger partial charge in [-0.2, -0.15) is 0 Å². The van der Waals surface area contributed by atoms with Gasteiger partial charge in [-0.15, -0.1) is 12.4 Å². The number of hydrogen-bond acceptors (Lipinski definition) is 5. The molecule has 6 nitrogen and oxygen atoms in total. The number of nitrogens with two attached hydrogens (primary N) is 1. The van der Waals surface area contributed by atoms with Gasteiger partial charge in [-0.05, 0) is 24.6 Å². The van der Waals surface area contributed by atoms with Gasteiger partial charge in [-0.3, -0.25) is 20.2 Å². The van der Waals surface area contributed by atoms with Crippen LogP contribution in [-0.2, 0) is 0 Å². The van der Waals surface area contributed by atoms with E-state index >= 15 is 0 Å². The van der Waals surface area contributed by atoms with E-state index in [1.807, 2.05) is 19.1 Å². The minimum atomic E-state index is -0.920. The summed E-state index contributed by atoms with van der Waals surface area (Å²) in [5.74, 6) is 5.16. The molecule has 0 aromatic heterocycles. The third kappa shape index (κ3) is 4.39. The summed E-state index contributed by atoms with van der Waals surface area (Å²) in [4.78, 5) is 32.9. The van der Waals surface area contributed by atoms with Gasteiger partial charge in [-0.25, -0.2) is 0 Å². The SMILES string of the molecule is Cc1ccc(NN)cc1Cl.Cl.O.O=c1c(=O)c2ccccc2c1=O. The van der Waals surface area contributed by atoms with Crippen LogP contribution in [0.25, 0.3) is 10.8 Å². The van der Waals surface area contributed by atoms with Crippen LogP contribution >= 0.6 is 24.0 Å². The Labute approximate surface area is 148 Å². The van der Waals surface area contributed by atoms with E-state index < -0.39 is 16.3 Å². The number of rotatable bonds is 1. The highest BCUT2D eigenvalue weighted by Gasteiger charge is 2.09. The first-order chi connectivity index (χ1) is 10.5. The molecular weight excluding hydrogens is 355 g/mol. The van der Waals surface area contributed by atoms with E-state index in [4.69, 9.17) is 17.4 Å². The molecule has 24 heavy (non-hydrogen) atoms. The highest BCUT2D eigenvalue weighted by Crippen LogP contribution is 2.18. The van der Waals surface area contributed by atoms with Crippen molar-refractivity contribution in [2.24, 2.45) is 5.84 Å². The molecule has 0 aliphatic carbocycles. The molecule has 0 spiro atoms. The zero-order valence-corrected chi connectivity index (χ0v) is 14.2. The fraction of sp³-hybridized carbons (Fsp3) is 0.0625. The Bertz CT molecular complexity index is 916. The maximum absolute atomic E-state index is 11.0. The van der Waals surface area contributed by atoms with Crippen molar-refractivity contribution in [3.8, 4) is 0 Å². The highest BCUT2D eigenvalue weighted by molar-refractivity contribution is 6.31. The average Bonchev–Trinajstić information content (AvgIpc) is 2.76. The lowest BCUT2D eigenvalue weighted by atomic mass is 10.2. The van der Waals surface area contributed by atoms with E-state index in [0.717, 1.165) is 16.3 Å². The van der Waals surface area contributed by atoms with Gasteiger partial charge >= 0.3 is 0 Å². The predicted octanol–water partition coefficient (Wildman–Crippen LogP) is 1.33. The molecule has 0 aliphatic rings. The molecule has 0 atom stereocenters. The molecule has 0 bridgehead atoms. The fourth-order valence-corrected chi connectivity index (χ4v) is 2.09. The van der Waals surface area contributed by atoms with Gasteiger partial charge in [0.2, 0.25) is 10.9 Å². The molecule has 0 fully saturated rings. The van der Waals surface area contributed by atoms with Crippen molar-refractivity contribution in [2.75, 3.05) is 5.43 Å². The van der Waals surface area contributed by atoms with Crippen LogP contribution in [0.1, 0.15) is 5.56 Å². The van der Waals surface area contributed by atoms with Gasteiger partial charge in [0.25, 0.3) is 5.43 Å². The number of aryl methyl sites for hydroxylation is 1. The van der Waals surface area contributed by atoms with Crippen LogP contribution in [0.4, 0.5) is 5.69 Å². The fourth-order valence-electron chi connectivity index (χ4n) is 1.91. The molecule has 128 valence electrons. The van der Waals surface area contributed by atoms with Crippen molar-refractivity contribution < 1.29 is 5.48 Å². The van der Waals surface area contributed by atoms with Crippen molar-refractivity contribution in [1.29, 1.82) is 0 Å². The standard InChI is InChI=1S/C9H4O3.C7H9ClN2.ClH.H2O/c10-7-5-3-1-2-4-6(5)8(11)9(7)12;1-5-2-3-6(10-9)4-7(5)8;;/h1-4H;2-4,10H,9H2,1H3;1H;1H2. The number of benzene rings is 2. The number of nitrogen functional groups attached to an aromatic ring is 1. The minimum Gasteiger partial charge on any atom is -0.412 e. The van der Waals surface area contributed by atoms with E-state index in [9.17, 15) is 14.4 Å². The second-order valence-electron chi connectivity index (χ2n) is 4.64. The lowest BCUT2D eigenvalue weighted by Crippen LogP contribution is -2.29. The highest BCUT2D eigenvalue weighted by atomic mass is 35.5. The Hall–Kier alpha value is -2.25. The molecular formula is C16H16Cl2N2O4. The van der Waals surface area contributed by atoms with Gasteiger partial charge in [-0.1, -0.05) is 41.9 Å². The van der Waals surface area contributed by atoms with E-state index in [1.54, 1.807) is 18.2 Å². The van der Waals surface area contributed by atoms with Crippen molar-refractivity contribution >= 4 is 40.5 Å². The lowest BCUT2D eigenvalue weighted by molar-refractivity contribution is 0.824. The van der Waals surface area contributed by atoms with Crippen LogP contribution in [0, 0.1) is 6.92 Å². The minimum absolute atomic E-state index is 0. The Kier molecular flexibility index (Phi) is 8.29. The summed E-state index contributed by atoms with van der Waals surface area (Å²) in [5.41, 5.74) is 2.11. The van der Waals surface area contributed by atoms with Gasteiger partial charge in [0.15, 0.2) is 0 Å². The summed E-state index contributed by atoms with van der Waals surface area (Å²) in [6.45, 7) is 1.95. The van der Waals surface area contributed by atoms with Crippen molar-refractivity contribution in [2.45, 2.75) is 6.92 Å². The molecule has 8 heteroatoms. The van der Waals surface area contributed by atoms with Crippen LogP contribution in [0.2, 0.25) is 5.02 Å². The average molecular weight is 371 g/mol. The Morgan fingerprint density at radius 2 is 1.42 bits per heavy atom. The van der Waals surface area contributed by atoms with Gasteiger partial charge < -0.3 is 10.9 Å². The van der Waals surface area contributed by atoms with Crippen LogP contribution in [-0.4, -0.2) is 5.48 Å². The van der Waals surface area contributed by atoms with Gasteiger partial charge in [0, 0.05) is 21.5 Å². The van der Waals surface area contributed by atoms with Crippen LogP contribution in [0.3, 0.4) is 0 Å². The van der Waals surface area contributed by atoms with E-state index in [-0.39, 0.29) is 28.7 Å². The molecule has 0 unspecified atom stereocenters. The predicted molar refractivity (Wildman–Crippen MR) is 100.0 cm³/mol.